The second kappa shape index (κ2) is 13.7. The van der Waals surface area contributed by atoms with E-state index >= 15 is 0 Å². The number of anilines is 1. The van der Waals surface area contributed by atoms with Crippen LogP contribution in [0.1, 0.15) is 43.0 Å². The van der Waals surface area contributed by atoms with Crippen LogP contribution in [0.3, 0.4) is 0 Å². The van der Waals surface area contributed by atoms with Gasteiger partial charge in [-0.3, -0.25) is 4.79 Å². The number of amides is 1. The summed E-state index contributed by atoms with van der Waals surface area (Å²) in [5.74, 6) is -0.00946. The van der Waals surface area contributed by atoms with Crippen LogP contribution in [-0.2, 0) is 0 Å². The fourth-order valence-electron chi connectivity index (χ4n) is 1.96. The molecule has 1 amide bonds. The molecule has 0 spiro atoms. The first-order valence-electron chi connectivity index (χ1n) is 7.48. The molecule has 128 valence electrons. The Labute approximate surface area is 146 Å². The second-order valence-electron chi connectivity index (χ2n) is 5.07. The average molecular weight is 350 g/mol. The quantitative estimate of drug-likeness (QED) is 0.672. The van der Waals surface area contributed by atoms with Gasteiger partial charge >= 0.3 is 0 Å². The molecule has 0 aromatic heterocycles. The highest BCUT2D eigenvalue weighted by Crippen LogP contribution is 2.14. The van der Waals surface area contributed by atoms with Gasteiger partial charge in [0, 0.05) is 31.4 Å². The van der Waals surface area contributed by atoms with Crippen LogP contribution in [0.25, 0.3) is 0 Å². The molecule has 0 aliphatic rings. The molecular weight excluding hydrogens is 321 g/mol. The molecule has 0 fully saturated rings. The Morgan fingerprint density at radius 2 is 1.77 bits per heavy atom. The third-order valence-corrected chi connectivity index (χ3v) is 3.33. The van der Waals surface area contributed by atoms with Crippen molar-refractivity contribution >= 4 is 36.4 Å². The number of halogens is 2. The minimum Gasteiger partial charge on any atom is -0.375 e. The summed E-state index contributed by atoms with van der Waals surface area (Å²) >= 11 is 0. The monoisotopic (exact) mass is 349 g/mol. The summed E-state index contributed by atoms with van der Waals surface area (Å²) in [6.07, 6.45) is 4.25. The smallest absolute Gasteiger partial charge is 0.251 e. The van der Waals surface area contributed by atoms with Crippen LogP contribution in [-0.4, -0.2) is 32.6 Å². The maximum absolute atomic E-state index is 11.9. The van der Waals surface area contributed by atoms with Gasteiger partial charge in [-0.1, -0.05) is 13.3 Å². The fourth-order valence-corrected chi connectivity index (χ4v) is 1.96. The van der Waals surface area contributed by atoms with Gasteiger partial charge in [0.1, 0.15) is 0 Å². The van der Waals surface area contributed by atoms with Gasteiger partial charge in [0.05, 0.1) is 0 Å². The molecule has 0 saturated heterocycles. The fraction of sp³-hybridized carbons (Fsp3) is 0.562. The number of carbonyl (C=O) groups excluding carboxylic acids is 1. The summed E-state index contributed by atoms with van der Waals surface area (Å²) in [7, 11) is 2.08. The lowest BCUT2D eigenvalue weighted by molar-refractivity contribution is 0.0953. The van der Waals surface area contributed by atoms with Gasteiger partial charge in [-0.25, -0.2) is 0 Å². The number of hydrogen-bond donors (Lipinski definition) is 2. The number of nitrogens with zero attached hydrogens (tertiary/aromatic N) is 1. The highest BCUT2D eigenvalue weighted by molar-refractivity contribution is 5.94. The van der Waals surface area contributed by atoms with Crippen LogP contribution < -0.4 is 16.0 Å². The standard InChI is InChI=1S/C16H27N3O.2ClH/c1-3-4-13-19(2)15-9-7-14(8-10-15)16(20)18-12-6-5-11-17;;/h7-10H,3-6,11-13,17H2,1-2H3,(H,18,20);2*1H. The third-order valence-electron chi connectivity index (χ3n) is 3.33. The molecule has 0 bridgehead atoms. The van der Waals surface area contributed by atoms with E-state index in [1.165, 1.54) is 12.8 Å². The Bertz CT molecular complexity index is 399. The molecule has 1 aromatic carbocycles. The highest BCUT2D eigenvalue weighted by atomic mass is 35.5. The maximum atomic E-state index is 11.9. The Hall–Kier alpha value is -0.970. The molecule has 3 N–H and O–H groups in total. The lowest BCUT2D eigenvalue weighted by Crippen LogP contribution is -2.25. The summed E-state index contributed by atoms with van der Waals surface area (Å²) in [6.45, 7) is 4.59. The molecule has 0 radical (unpaired) electrons. The molecule has 22 heavy (non-hydrogen) atoms. The molecule has 0 aliphatic carbocycles. The number of rotatable bonds is 9. The highest BCUT2D eigenvalue weighted by Gasteiger charge is 2.06. The van der Waals surface area contributed by atoms with Crippen molar-refractivity contribution in [1.29, 1.82) is 0 Å². The maximum Gasteiger partial charge on any atom is 0.251 e. The summed E-state index contributed by atoms with van der Waals surface area (Å²) in [4.78, 5) is 14.1. The van der Waals surface area contributed by atoms with Gasteiger partial charge in [0.15, 0.2) is 0 Å². The topological polar surface area (TPSA) is 58.4 Å². The van der Waals surface area contributed by atoms with Crippen LogP contribution >= 0.6 is 24.8 Å². The van der Waals surface area contributed by atoms with Crippen molar-refractivity contribution in [2.45, 2.75) is 32.6 Å². The molecule has 0 atom stereocenters. The van der Waals surface area contributed by atoms with Crippen molar-refractivity contribution < 1.29 is 4.79 Å². The van der Waals surface area contributed by atoms with Crippen molar-refractivity contribution in [3.05, 3.63) is 29.8 Å². The lowest BCUT2D eigenvalue weighted by atomic mass is 10.1. The Morgan fingerprint density at radius 1 is 1.14 bits per heavy atom. The normalized spacial score (nSPS) is 9.41. The van der Waals surface area contributed by atoms with Gasteiger partial charge in [0.25, 0.3) is 5.91 Å². The van der Waals surface area contributed by atoms with E-state index in [0.717, 1.165) is 25.1 Å². The van der Waals surface area contributed by atoms with E-state index in [-0.39, 0.29) is 30.7 Å². The van der Waals surface area contributed by atoms with Gasteiger partial charge in [0.2, 0.25) is 0 Å². The van der Waals surface area contributed by atoms with Crippen molar-refractivity contribution in [2.75, 3.05) is 31.6 Å². The number of nitrogens with two attached hydrogens (primary N) is 1. The number of benzene rings is 1. The zero-order valence-electron chi connectivity index (χ0n) is 13.5. The van der Waals surface area contributed by atoms with E-state index in [4.69, 9.17) is 5.73 Å². The number of hydrogen-bond acceptors (Lipinski definition) is 3. The van der Waals surface area contributed by atoms with E-state index in [9.17, 15) is 4.79 Å². The van der Waals surface area contributed by atoms with Gasteiger partial charge in [-0.15, -0.1) is 24.8 Å². The SMILES string of the molecule is CCCCN(C)c1ccc(C(=O)NCCCCN)cc1.Cl.Cl. The van der Waals surface area contributed by atoms with E-state index in [1.807, 2.05) is 24.3 Å². The molecule has 0 saturated carbocycles. The summed E-state index contributed by atoms with van der Waals surface area (Å²) in [6, 6.07) is 7.78. The van der Waals surface area contributed by atoms with Crippen LogP contribution in [0.15, 0.2) is 24.3 Å². The molecule has 1 rings (SSSR count). The predicted molar refractivity (Wildman–Crippen MR) is 99.7 cm³/mol. The van der Waals surface area contributed by atoms with Crippen molar-refractivity contribution in [1.82, 2.24) is 5.32 Å². The summed E-state index contributed by atoms with van der Waals surface area (Å²) in [5, 5.41) is 2.91. The summed E-state index contributed by atoms with van der Waals surface area (Å²) in [5.41, 5.74) is 7.28. The number of unbranched alkanes of at least 4 members (excludes halogenated alkanes) is 2. The van der Waals surface area contributed by atoms with Gasteiger partial charge in [-0.05, 0) is 50.1 Å². The largest absolute Gasteiger partial charge is 0.375 e. The Morgan fingerprint density at radius 3 is 2.32 bits per heavy atom. The molecule has 6 heteroatoms. The van der Waals surface area contributed by atoms with Crippen LogP contribution in [0.5, 0.6) is 0 Å². The first kappa shape index (κ1) is 23.3. The number of carbonyl (C=O) groups is 1. The number of nitrogens with one attached hydrogen (secondary N) is 1. The van der Waals surface area contributed by atoms with E-state index in [0.29, 0.717) is 18.7 Å². The predicted octanol–water partition coefficient (Wildman–Crippen LogP) is 3.24. The summed E-state index contributed by atoms with van der Waals surface area (Å²) < 4.78 is 0. The zero-order valence-corrected chi connectivity index (χ0v) is 15.1. The minimum atomic E-state index is -0.00946. The van der Waals surface area contributed by atoms with Gasteiger partial charge < -0.3 is 16.0 Å². The average Bonchev–Trinajstić information content (AvgIpc) is 2.49. The minimum absolute atomic E-state index is 0. The van der Waals surface area contributed by atoms with E-state index in [2.05, 4.69) is 24.2 Å². The van der Waals surface area contributed by atoms with E-state index in [1.54, 1.807) is 0 Å². The second-order valence-corrected chi connectivity index (χ2v) is 5.07. The van der Waals surface area contributed by atoms with Crippen molar-refractivity contribution in [3.63, 3.8) is 0 Å². The lowest BCUT2D eigenvalue weighted by Gasteiger charge is -2.19. The molecule has 0 unspecified atom stereocenters. The van der Waals surface area contributed by atoms with Crippen LogP contribution in [0.2, 0.25) is 0 Å². The molecule has 0 heterocycles. The third kappa shape index (κ3) is 8.47. The first-order valence-corrected chi connectivity index (χ1v) is 7.48. The first-order chi connectivity index (χ1) is 9.69. The van der Waals surface area contributed by atoms with Crippen LogP contribution in [0, 0.1) is 0 Å². The van der Waals surface area contributed by atoms with Gasteiger partial charge in [-0.2, -0.15) is 0 Å². The molecular formula is C16H29Cl2N3O. The van der Waals surface area contributed by atoms with E-state index < -0.39 is 0 Å². The Balaban J connectivity index is 0. The van der Waals surface area contributed by atoms with Crippen molar-refractivity contribution in [2.24, 2.45) is 5.73 Å². The molecule has 0 aliphatic heterocycles. The Kier molecular flexibility index (Phi) is 14.5. The van der Waals surface area contributed by atoms with Crippen LogP contribution in [0.4, 0.5) is 5.69 Å². The molecule has 1 aromatic rings. The molecule has 4 nitrogen and oxygen atoms in total. The van der Waals surface area contributed by atoms with Crippen molar-refractivity contribution in [3.8, 4) is 0 Å². The zero-order chi connectivity index (χ0) is 14.8.